The predicted octanol–water partition coefficient (Wildman–Crippen LogP) is 3.47. The Hall–Kier alpha value is -3.62. The van der Waals surface area contributed by atoms with Gasteiger partial charge in [0.15, 0.2) is 0 Å². The molecule has 2 saturated heterocycles. The van der Waals surface area contributed by atoms with Gasteiger partial charge in [0.2, 0.25) is 0 Å². The molecule has 0 saturated carbocycles. The van der Waals surface area contributed by atoms with Crippen molar-refractivity contribution in [1.82, 2.24) is 19.8 Å². The van der Waals surface area contributed by atoms with Crippen molar-refractivity contribution >= 4 is 23.0 Å². The number of nitrogens with zero attached hydrogens (tertiary/aromatic N) is 6. The number of nitrogen functional groups attached to an aromatic ring is 1. The van der Waals surface area contributed by atoms with E-state index in [-0.39, 0.29) is 6.10 Å². The normalized spacial score (nSPS) is 21.8. The van der Waals surface area contributed by atoms with E-state index < -0.39 is 0 Å². The van der Waals surface area contributed by atoms with Crippen LogP contribution in [0.25, 0.3) is 16.8 Å². The smallest absolute Gasteiger partial charge is 0.133 e. The monoisotopic (exact) mass is 525 g/mol. The van der Waals surface area contributed by atoms with Gasteiger partial charge in [0.05, 0.1) is 17.5 Å². The Bertz CT molecular complexity index is 1350. The van der Waals surface area contributed by atoms with Gasteiger partial charge in [-0.15, -0.1) is 0 Å². The number of β-amino-alcohol motifs (C(OH)–C–C–N with tert-alkyl or cyclic N) is 1. The molecule has 6 rings (SSSR count). The maximum Gasteiger partial charge on any atom is 0.133 e. The van der Waals surface area contributed by atoms with E-state index in [2.05, 4.69) is 70.5 Å². The first-order valence-electron chi connectivity index (χ1n) is 14.0. The largest absolute Gasteiger partial charge is 0.391 e. The molecule has 3 aliphatic rings. The second-order valence-corrected chi connectivity index (χ2v) is 11.3. The molecule has 0 spiro atoms. The molecule has 0 bridgehead atoms. The van der Waals surface area contributed by atoms with E-state index in [1.165, 1.54) is 11.1 Å². The summed E-state index contributed by atoms with van der Waals surface area (Å²) >= 11 is 0. The summed E-state index contributed by atoms with van der Waals surface area (Å²) in [5.41, 5.74) is 14.1. The lowest BCUT2D eigenvalue weighted by atomic mass is 9.91. The number of aromatic nitrogens is 2. The van der Waals surface area contributed by atoms with Crippen molar-refractivity contribution in [2.24, 2.45) is 0 Å². The van der Waals surface area contributed by atoms with Crippen molar-refractivity contribution in [3.05, 3.63) is 72.1 Å². The zero-order chi connectivity index (χ0) is 27.1. The Morgan fingerprint density at radius 2 is 1.79 bits per heavy atom. The van der Waals surface area contributed by atoms with Gasteiger partial charge in [-0.2, -0.15) is 0 Å². The van der Waals surface area contributed by atoms with E-state index in [4.69, 9.17) is 15.7 Å². The highest BCUT2D eigenvalue weighted by Crippen LogP contribution is 2.33. The van der Waals surface area contributed by atoms with Gasteiger partial charge in [-0.25, -0.2) is 4.98 Å². The fraction of sp³-hybridized carbons (Fsp3) is 0.419. The minimum atomic E-state index is -0.278. The molecule has 3 aromatic rings. The van der Waals surface area contributed by atoms with Crippen LogP contribution in [0.2, 0.25) is 0 Å². The van der Waals surface area contributed by atoms with Gasteiger partial charge in [-0.05, 0) is 55.6 Å². The zero-order valence-electron chi connectivity index (χ0n) is 23.1. The Kier molecular flexibility index (Phi) is 6.91. The first kappa shape index (κ1) is 25.6. The topological polar surface area (TPSA) is 85.0 Å². The second-order valence-electron chi connectivity index (χ2n) is 11.3. The number of benzene rings is 1. The van der Waals surface area contributed by atoms with Crippen LogP contribution in [0.4, 0.5) is 17.3 Å². The quantitative estimate of drug-likeness (QED) is 0.524. The van der Waals surface area contributed by atoms with Crippen LogP contribution in [0.1, 0.15) is 30.2 Å². The predicted molar refractivity (Wildman–Crippen MR) is 159 cm³/mol. The molecule has 0 radical (unpaired) electrons. The van der Waals surface area contributed by atoms with Crippen molar-refractivity contribution in [3.8, 4) is 11.1 Å². The van der Waals surface area contributed by atoms with Crippen LogP contribution in [-0.2, 0) is 13.0 Å². The molecule has 39 heavy (non-hydrogen) atoms. The van der Waals surface area contributed by atoms with E-state index in [1.54, 1.807) is 0 Å². The van der Waals surface area contributed by atoms with Crippen molar-refractivity contribution < 1.29 is 5.11 Å². The molecular formula is C31H39N7O. The molecular weight excluding hydrogens is 486 g/mol. The number of aliphatic hydroxyl groups is 1. The number of anilines is 3. The van der Waals surface area contributed by atoms with E-state index in [9.17, 15) is 5.11 Å². The van der Waals surface area contributed by atoms with Crippen LogP contribution < -0.4 is 15.5 Å². The number of rotatable bonds is 5. The lowest BCUT2D eigenvalue weighted by molar-refractivity contribution is 0.187. The summed E-state index contributed by atoms with van der Waals surface area (Å²) in [6.07, 6.45) is 3.40. The Labute approximate surface area is 231 Å². The third kappa shape index (κ3) is 5.31. The van der Waals surface area contributed by atoms with Crippen molar-refractivity contribution in [1.29, 1.82) is 0 Å². The third-order valence-corrected chi connectivity index (χ3v) is 8.51. The maximum absolute atomic E-state index is 9.87. The first-order chi connectivity index (χ1) is 18.8. The third-order valence-electron chi connectivity index (χ3n) is 8.51. The summed E-state index contributed by atoms with van der Waals surface area (Å²) in [6.45, 7) is 12.8. The summed E-state index contributed by atoms with van der Waals surface area (Å²) in [5, 5.41) is 9.87. The second kappa shape index (κ2) is 10.5. The Morgan fingerprint density at radius 3 is 2.51 bits per heavy atom. The lowest BCUT2D eigenvalue weighted by Gasteiger charge is -2.38. The van der Waals surface area contributed by atoms with E-state index in [1.807, 2.05) is 18.3 Å². The van der Waals surface area contributed by atoms with Gasteiger partial charge in [-0.3, -0.25) is 4.98 Å². The number of hydrogen-bond donors (Lipinski definition) is 2. The van der Waals surface area contributed by atoms with Crippen LogP contribution in [0, 0.1) is 0 Å². The molecule has 8 nitrogen and oxygen atoms in total. The molecule has 0 aliphatic carbocycles. The average Bonchev–Trinajstić information content (AvgIpc) is 3.38. The number of likely N-dealkylation sites (tertiary alicyclic amines) is 1. The lowest BCUT2D eigenvalue weighted by Crippen LogP contribution is -2.44. The Morgan fingerprint density at radius 1 is 1.00 bits per heavy atom. The van der Waals surface area contributed by atoms with Crippen molar-refractivity contribution in [2.45, 2.75) is 38.5 Å². The summed E-state index contributed by atoms with van der Waals surface area (Å²) < 4.78 is 0. The number of likely N-dealkylation sites (N-methyl/N-ethyl adjacent to an activating group) is 1. The number of nitrogens with two attached hydrogens (primary N) is 1. The molecule has 2 fully saturated rings. The zero-order valence-corrected chi connectivity index (χ0v) is 23.1. The van der Waals surface area contributed by atoms with Gasteiger partial charge >= 0.3 is 0 Å². The molecule has 2 aromatic heterocycles. The maximum atomic E-state index is 9.87. The van der Waals surface area contributed by atoms with E-state index in [0.29, 0.717) is 18.4 Å². The number of pyridine rings is 2. The molecule has 204 valence electrons. The minimum absolute atomic E-state index is 0.278. The van der Waals surface area contributed by atoms with Crippen LogP contribution in [-0.4, -0.2) is 83.3 Å². The highest BCUT2D eigenvalue weighted by molar-refractivity contribution is 5.68. The number of aliphatic hydroxyl groups excluding tert-OH is 1. The first-order valence-corrected chi connectivity index (χ1v) is 14.0. The van der Waals surface area contributed by atoms with Crippen LogP contribution in [0.5, 0.6) is 0 Å². The number of piperazine rings is 1. The molecule has 2 atom stereocenters. The van der Waals surface area contributed by atoms with Crippen LogP contribution >= 0.6 is 0 Å². The molecule has 5 heterocycles. The molecule has 0 amide bonds. The van der Waals surface area contributed by atoms with Gasteiger partial charge in [0.1, 0.15) is 11.6 Å². The number of hydrogen-bond acceptors (Lipinski definition) is 8. The highest BCUT2D eigenvalue weighted by Gasteiger charge is 2.26. The summed E-state index contributed by atoms with van der Waals surface area (Å²) in [5.74, 6) is 1.52. The number of fused-ring (bicyclic) bond motifs is 1. The molecule has 1 unspecified atom stereocenters. The summed E-state index contributed by atoms with van der Waals surface area (Å²) in [6, 6.07) is 15.5. The van der Waals surface area contributed by atoms with Crippen molar-refractivity contribution in [2.75, 3.05) is 61.8 Å². The van der Waals surface area contributed by atoms with Gasteiger partial charge in [-0.1, -0.05) is 24.8 Å². The van der Waals surface area contributed by atoms with Gasteiger partial charge in [0.25, 0.3) is 0 Å². The molecule has 3 N–H and O–H groups in total. The standard InChI is InChI=1S/C31H39N7O/c1-21-14-23-4-5-24(25-6-7-29(33-18-25)22(2)37-9-8-28(39)20-37)15-26(23)19-38(21)31-17-27(16-30(32)34-31)36-12-10-35(3)11-13-36/h4-7,15-18,21,28,39H,2,8-14,19-20H2,1,3H3,(H2,32,34)/t21?,28-/m1/s1. The highest BCUT2D eigenvalue weighted by atomic mass is 16.3. The summed E-state index contributed by atoms with van der Waals surface area (Å²) in [4.78, 5) is 18.8. The molecule has 3 aliphatic heterocycles. The van der Waals surface area contributed by atoms with Gasteiger partial charge in [0, 0.05) is 81.4 Å². The van der Waals surface area contributed by atoms with E-state index >= 15 is 0 Å². The SMILES string of the molecule is C=C(c1ccc(-c2ccc3c(c2)CN(c2cc(N4CCN(C)CC4)cc(N)n2)C(C)C3)cn1)N1CC[C@@H](O)C1. The molecule has 1 aromatic carbocycles. The fourth-order valence-electron chi connectivity index (χ4n) is 6.03. The van der Waals surface area contributed by atoms with E-state index in [0.717, 1.165) is 86.1 Å². The van der Waals surface area contributed by atoms with Crippen LogP contribution in [0.3, 0.4) is 0 Å². The average molecular weight is 526 g/mol. The minimum Gasteiger partial charge on any atom is -0.391 e. The van der Waals surface area contributed by atoms with Gasteiger partial charge < -0.3 is 30.4 Å². The van der Waals surface area contributed by atoms with Crippen molar-refractivity contribution in [3.63, 3.8) is 0 Å². The van der Waals surface area contributed by atoms with Crippen LogP contribution in [0.15, 0.2) is 55.2 Å². The molecule has 8 heteroatoms. The summed E-state index contributed by atoms with van der Waals surface area (Å²) in [7, 11) is 2.17. The Balaban J connectivity index is 1.22. The fourth-order valence-corrected chi connectivity index (χ4v) is 6.03.